The van der Waals surface area contributed by atoms with Gasteiger partial charge >= 0.3 is 11.8 Å². The van der Waals surface area contributed by atoms with Gasteiger partial charge in [-0.05, 0) is 12.8 Å². The van der Waals surface area contributed by atoms with E-state index < -0.39 is 11.8 Å². The fourth-order valence-electron chi connectivity index (χ4n) is 2.02. The third-order valence-corrected chi connectivity index (χ3v) is 3.34. The van der Waals surface area contributed by atoms with E-state index in [4.69, 9.17) is 0 Å². The molecule has 0 atom stereocenters. The summed E-state index contributed by atoms with van der Waals surface area (Å²) >= 11 is 0. The van der Waals surface area contributed by atoms with E-state index in [2.05, 4.69) is 24.5 Å². The van der Waals surface area contributed by atoms with E-state index in [1.54, 1.807) is 0 Å². The summed E-state index contributed by atoms with van der Waals surface area (Å²) < 4.78 is 0. The second-order valence-electron chi connectivity index (χ2n) is 5.34. The summed E-state index contributed by atoms with van der Waals surface area (Å²) in [6, 6.07) is 0. The first-order valence-corrected chi connectivity index (χ1v) is 8.28. The molecule has 2 amide bonds. The van der Waals surface area contributed by atoms with Crippen LogP contribution in [-0.4, -0.2) is 24.9 Å². The molecule has 0 bridgehead atoms. The Morgan fingerprint density at radius 2 is 0.950 bits per heavy atom. The van der Waals surface area contributed by atoms with Crippen molar-refractivity contribution in [2.75, 3.05) is 13.1 Å². The molecule has 0 aliphatic carbocycles. The molecule has 4 heteroatoms. The molecule has 0 unspecified atom stereocenters. The zero-order valence-electron chi connectivity index (χ0n) is 13.3. The minimum absolute atomic E-state index is 0.493. The quantitative estimate of drug-likeness (QED) is 0.427. The van der Waals surface area contributed by atoms with Gasteiger partial charge in [0.2, 0.25) is 0 Å². The Morgan fingerprint density at radius 3 is 1.45 bits per heavy atom. The molecule has 2 N–H and O–H groups in total. The van der Waals surface area contributed by atoms with E-state index in [0.29, 0.717) is 13.1 Å². The minimum Gasteiger partial charge on any atom is -0.348 e. The third kappa shape index (κ3) is 12.0. The van der Waals surface area contributed by atoms with E-state index in [0.717, 1.165) is 32.1 Å². The Balaban J connectivity index is 3.36. The molecule has 0 aromatic heterocycles. The zero-order chi connectivity index (χ0) is 15.1. The molecule has 0 heterocycles. The van der Waals surface area contributed by atoms with Crippen LogP contribution in [0.2, 0.25) is 0 Å². The molecule has 20 heavy (non-hydrogen) atoms. The van der Waals surface area contributed by atoms with Crippen molar-refractivity contribution >= 4 is 11.8 Å². The predicted octanol–water partition coefficient (Wildman–Crippen LogP) is 3.16. The molecule has 0 rings (SSSR count). The highest BCUT2D eigenvalue weighted by Crippen LogP contribution is 2.06. The summed E-state index contributed by atoms with van der Waals surface area (Å²) in [5.41, 5.74) is 0. The van der Waals surface area contributed by atoms with Gasteiger partial charge in [-0.1, -0.05) is 65.2 Å². The van der Waals surface area contributed by atoms with Crippen LogP contribution in [0.15, 0.2) is 0 Å². The number of rotatable bonds is 12. The maximum Gasteiger partial charge on any atom is 0.309 e. The van der Waals surface area contributed by atoms with Crippen LogP contribution in [0.25, 0.3) is 0 Å². The average molecular weight is 284 g/mol. The van der Waals surface area contributed by atoms with Crippen molar-refractivity contribution in [2.45, 2.75) is 78.1 Å². The van der Waals surface area contributed by atoms with Crippen molar-refractivity contribution in [3.8, 4) is 0 Å². The van der Waals surface area contributed by atoms with Gasteiger partial charge in [0.15, 0.2) is 0 Å². The molecule has 0 spiro atoms. The van der Waals surface area contributed by atoms with Crippen LogP contribution in [0.5, 0.6) is 0 Å². The summed E-state index contributed by atoms with van der Waals surface area (Å²) in [6.45, 7) is 5.52. The molecule has 4 nitrogen and oxygen atoms in total. The molecular weight excluding hydrogens is 252 g/mol. The third-order valence-electron chi connectivity index (χ3n) is 3.34. The van der Waals surface area contributed by atoms with Crippen molar-refractivity contribution < 1.29 is 9.59 Å². The fraction of sp³-hybridized carbons (Fsp3) is 0.875. The van der Waals surface area contributed by atoms with Crippen LogP contribution < -0.4 is 10.6 Å². The maximum absolute atomic E-state index is 11.5. The summed E-state index contributed by atoms with van der Waals surface area (Å²) in [5, 5.41) is 5.32. The maximum atomic E-state index is 11.5. The van der Waals surface area contributed by atoms with E-state index in [9.17, 15) is 9.59 Å². The molecule has 118 valence electrons. The second kappa shape index (κ2) is 14.4. The van der Waals surface area contributed by atoms with Gasteiger partial charge in [-0.15, -0.1) is 0 Å². The standard InChI is InChI=1S/C16H32N2O2/c1-3-5-7-8-9-10-12-14-18-16(20)15(19)17-13-11-6-4-2/h3-14H2,1-2H3,(H,17,19)(H,18,20). The molecule has 0 aliphatic rings. The highest BCUT2D eigenvalue weighted by molar-refractivity contribution is 6.35. The van der Waals surface area contributed by atoms with Gasteiger partial charge in [0, 0.05) is 13.1 Å². The number of hydrogen-bond acceptors (Lipinski definition) is 2. The first-order valence-electron chi connectivity index (χ1n) is 8.28. The second-order valence-corrected chi connectivity index (χ2v) is 5.34. The predicted molar refractivity (Wildman–Crippen MR) is 83.5 cm³/mol. The van der Waals surface area contributed by atoms with E-state index >= 15 is 0 Å². The number of nitrogens with one attached hydrogen (secondary N) is 2. The van der Waals surface area contributed by atoms with Crippen LogP contribution in [0.1, 0.15) is 78.1 Å². The molecule has 0 radical (unpaired) electrons. The number of carbonyl (C=O) groups is 2. The largest absolute Gasteiger partial charge is 0.348 e. The molecule has 0 saturated heterocycles. The fourth-order valence-corrected chi connectivity index (χ4v) is 2.02. The summed E-state index contributed by atoms with van der Waals surface area (Å²) in [4.78, 5) is 22.9. The molecule has 0 saturated carbocycles. The van der Waals surface area contributed by atoms with Gasteiger partial charge in [0.25, 0.3) is 0 Å². The summed E-state index contributed by atoms with van der Waals surface area (Å²) in [5.74, 6) is -0.989. The molecule has 0 fully saturated rings. The highest BCUT2D eigenvalue weighted by atomic mass is 16.2. The van der Waals surface area contributed by atoms with Crippen LogP contribution >= 0.6 is 0 Å². The Bertz CT molecular complexity index is 255. The number of unbranched alkanes of at least 4 members (excludes halogenated alkanes) is 8. The smallest absolute Gasteiger partial charge is 0.309 e. The number of hydrogen-bond donors (Lipinski definition) is 2. The Kier molecular flexibility index (Phi) is 13.6. The molecule has 0 aromatic rings. The lowest BCUT2D eigenvalue weighted by atomic mass is 10.1. The molecule has 0 aromatic carbocycles. The molecular formula is C16H32N2O2. The van der Waals surface area contributed by atoms with E-state index in [1.807, 2.05) is 0 Å². The Morgan fingerprint density at radius 1 is 0.600 bits per heavy atom. The summed E-state index contributed by atoms with van der Waals surface area (Å²) in [7, 11) is 0. The Hall–Kier alpha value is -1.06. The topological polar surface area (TPSA) is 58.2 Å². The zero-order valence-corrected chi connectivity index (χ0v) is 13.3. The first-order chi connectivity index (χ1) is 9.72. The Labute approximate surface area is 124 Å². The lowest BCUT2D eigenvalue weighted by Crippen LogP contribution is -2.40. The first kappa shape index (κ1) is 18.9. The molecule has 0 aliphatic heterocycles. The van der Waals surface area contributed by atoms with Crippen molar-refractivity contribution in [1.29, 1.82) is 0 Å². The van der Waals surface area contributed by atoms with Gasteiger partial charge < -0.3 is 10.6 Å². The van der Waals surface area contributed by atoms with Gasteiger partial charge in [-0.2, -0.15) is 0 Å². The normalized spacial score (nSPS) is 10.3. The lowest BCUT2D eigenvalue weighted by Gasteiger charge is -2.06. The van der Waals surface area contributed by atoms with Gasteiger partial charge in [0.05, 0.1) is 0 Å². The van der Waals surface area contributed by atoms with Crippen molar-refractivity contribution in [1.82, 2.24) is 10.6 Å². The van der Waals surface area contributed by atoms with Crippen molar-refractivity contribution in [3.63, 3.8) is 0 Å². The lowest BCUT2D eigenvalue weighted by molar-refractivity contribution is -0.139. The SMILES string of the molecule is CCCCCCCCCNC(=O)C(=O)NCCCCC. The van der Waals surface area contributed by atoms with Crippen molar-refractivity contribution in [2.24, 2.45) is 0 Å². The van der Waals surface area contributed by atoms with E-state index in [1.165, 1.54) is 32.1 Å². The highest BCUT2D eigenvalue weighted by Gasteiger charge is 2.11. The van der Waals surface area contributed by atoms with Crippen LogP contribution in [0, 0.1) is 0 Å². The summed E-state index contributed by atoms with van der Waals surface area (Å²) in [6.07, 6.45) is 11.6. The van der Waals surface area contributed by atoms with Crippen LogP contribution in [-0.2, 0) is 9.59 Å². The number of amides is 2. The van der Waals surface area contributed by atoms with Crippen LogP contribution in [0.3, 0.4) is 0 Å². The van der Waals surface area contributed by atoms with Crippen LogP contribution in [0.4, 0.5) is 0 Å². The van der Waals surface area contributed by atoms with Gasteiger partial charge in [-0.3, -0.25) is 9.59 Å². The minimum atomic E-state index is -0.496. The monoisotopic (exact) mass is 284 g/mol. The number of carbonyl (C=O) groups excluding carboxylic acids is 2. The average Bonchev–Trinajstić information content (AvgIpc) is 2.46. The van der Waals surface area contributed by atoms with Gasteiger partial charge in [-0.25, -0.2) is 0 Å². The van der Waals surface area contributed by atoms with E-state index in [-0.39, 0.29) is 0 Å². The van der Waals surface area contributed by atoms with Gasteiger partial charge in [0.1, 0.15) is 0 Å². The van der Waals surface area contributed by atoms with Crippen molar-refractivity contribution in [3.05, 3.63) is 0 Å².